The van der Waals surface area contributed by atoms with Crippen molar-refractivity contribution in [1.82, 2.24) is 10.2 Å². The second kappa shape index (κ2) is 5.07. The number of ether oxygens (including phenoxy) is 1. The number of aryl methyl sites for hydroxylation is 1. The van der Waals surface area contributed by atoms with Crippen LogP contribution in [0.4, 0.5) is 0 Å². The zero-order valence-corrected chi connectivity index (χ0v) is 16.3. The van der Waals surface area contributed by atoms with Crippen molar-refractivity contribution in [3.05, 3.63) is 28.8 Å². The van der Waals surface area contributed by atoms with Crippen LogP contribution >= 0.6 is 0 Å². The van der Waals surface area contributed by atoms with E-state index in [-0.39, 0.29) is 23.6 Å². The summed E-state index contributed by atoms with van der Waals surface area (Å²) in [5.74, 6) is 1.03. The summed E-state index contributed by atoms with van der Waals surface area (Å²) in [6, 6.07) is 4.77. The highest BCUT2D eigenvalue weighted by atomic mass is 16.5. The molecular weight excluding hydrogens is 340 g/mol. The first-order valence-corrected chi connectivity index (χ1v) is 10.6. The van der Waals surface area contributed by atoms with Crippen LogP contribution in [0.5, 0.6) is 5.75 Å². The van der Waals surface area contributed by atoms with Crippen molar-refractivity contribution < 1.29 is 14.9 Å². The van der Waals surface area contributed by atoms with Gasteiger partial charge in [0.2, 0.25) is 0 Å². The first-order chi connectivity index (χ1) is 12.9. The lowest BCUT2D eigenvalue weighted by Gasteiger charge is -2.64. The predicted octanol–water partition coefficient (Wildman–Crippen LogP) is 1.26. The van der Waals surface area contributed by atoms with Crippen molar-refractivity contribution in [2.75, 3.05) is 20.1 Å². The van der Waals surface area contributed by atoms with Crippen LogP contribution in [-0.4, -0.2) is 64.6 Å². The Balaban J connectivity index is 1.54. The first-order valence-electron chi connectivity index (χ1n) is 10.6. The largest absolute Gasteiger partial charge is 0.487 e. The molecule has 2 saturated carbocycles. The van der Waals surface area contributed by atoms with Gasteiger partial charge in [-0.05, 0) is 70.2 Å². The number of aliphatic hydroxyl groups is 2. The molecule has 3 N–H and O–H groups in total. The smallest absolute Gasteiger partial charge is 0.127 e. The van der Waals surface area contributed by atoms with Crippen LogP contribution in [0, 0.1) is 6.92 Å². The number of nitrogens with zero attached hydrogens (tertiary/aromatic N) is 1. The molecule has 2 aliphatic heterocycles. The van der Waals surface area contributed by atoms with Gasteiger partial charge in [-0.15, -0.1) is 0 Å². The molecule has 5 atom stereocenters. The van der Waals surface area contributed by atoms with Crippen molar-refractivity contribution in [2.24, 2.45) is 0 Å². The third kappa shape index (κ3) is 1.89. The van der Waals surface area contributed by atoms with Gasteiger partial charge in [-0.1, -0.05) is 12.1 Å². The molecule has 27 heavy (non-hydrogen) atoms. The summed E-state index contributed by atoms with van der Waals surface area (Å²) in [7, 11) is 2.02. The van der Waals surface area contributed by atoms with E-state index in [9.17, 15) is 10.2 Å². The number of likely N-dealkylation sites (N-methyl/N-ethyl adjacent to an activating group) is 1. The average molecular weight is 370 g/mol. The lowest BCUT2D eigenvalue weighted by atomic mass is 9.48. The number of piperidine rings is 1. The van der Waals surface area contributed by atoms with Crippen molar-refractivity contribution in [1.29, 1.82) is 0 Å². The molecule has 6 rings (SSSR count). The standard InChI is InChI=1S/C22H30N2O3/c1-13-3-4-14-11-16-22(26)6-5-15(23-2)19-21(22,17(14)18(13)27-19)9-10-24(16)12-20(25)7-8-20/h3-4,15-16,19,23,25-26H,5-12H2,1-2H3/t15-,16?,19-,21-,22+/m0/s1. The molecule has 3 aliphatic carbocycles. The summed E-state index contributed by atoms with van der Waals surface area (Å²) in [5.41, 5.74) is 2.21. The Morgan fingerprint density at radius 2 is 2.04 bits per heavy atom. The van der Waals surface area contributed by atoms with Gasteiger partial charge in [-0.3, -0.25) is 4.90 Å². The molecule has 5 aliphatic rings. The van der Waals surface area contributed by atoms with E-state index in [4.69, 9.17) is 4.74 Å². The molecule has 5 nitrogen and oxygen atoms in total. The molecule has 0 amide bonds. The third-order valence-corrected chi connectivity index (χ3v) is 8.49. The summed E-state index contributed by atoms with van der Waals surface area (Å²) < 4.78 is 6.64. The van der Waals surface area contributed by atoms with Crippen LogP contribution < -0.4 is 10.1 Å². The van der Waals surface area contributed by atoms with Gasteiger partial charge < -0.3 is 20.3 Å². The fourth-order valence-electron chi connectivity index (χ4n) is 6.94. The van der Waals surface area contributed by atoms with Crippen LogP contribution in [0.1, 0.15) is 48.8 Å². The predicted molar refractivity (Wildman–Crippen MR) is 102 cm³/mol. The van der Waals surface area contributed by atoms with Gasteiger partial charge in [0, 0.05) is 24.2 Å². The average Bonchev–Trinajstić information content (AvgIpc) is 3.25. The number of benzene rings is 1. The van der Waals surface area contributed by atoms with E-state index in [1.807, 2.05) is 7.05 Å². The minimum absolute atomic E-state index is 0.00920. The molecule has 1 aromatic rings. The molecule has 0 radical (unpaired) electrons. The monoisotopic (exact) mass is 370 g/mol. The highest BCUT2D eigenvalue weighted by Gasteiger charge is 2.72. The number of hydrogen-bond donors (Lipinski definition) is 3. The maximum atomic E-state index is 12.3. The molecule has 1 unspecified atom stereocenters. The lowest BCUT2D eigenvalue weighted by Crippen LogP contribution is -2.78. The van der Waals surface area contributed by atoms with Crippen LogP contribution in [0.25, 0.3) is 0 Å². The van der Waals surface area contributed by atoms with Crippen LogP contribution in [0.3, 0.4) is 0 Å². The summed E-state index contributed by atoms with van der Waals surface area (Å²) in [6.45, 7) is 3.75. The summed E-state index contributed by atoms with van der Waals surface area (Å²) in [6.07, 6.45) is 5.27. The Hall–Kier alpha value is -1.14. The number of β-amino-alcohol motifs (C(OH)–C–C–N with tert-alkyl or cyclic N) is 1. The Morgan fingerprint density at radius 1 is 1.22 bits per heavy atom. The minimum Gasteiger partial charge on any atom is -0.487 e. The quantitative estimate of drug-likeness (QED) is 0.748. The number of hydrogen-bond acceptors (Lipinski definition) is 5. The van der Waals surface area contributed by atoms with Crippen molar-refractivity contribution >= 4 is 0 Å². The third-order valence-electron chi connectivity index (χ3n) is 8.49. The molecule has 0 aromatic heterocycles. The maximum absolute atomic E-state index is 12.3. The Kier molecular flexibility index (Phi) is 3.15. The Morgan fingerprint density at radius 3 is 2.78 bits per heavy atom. The van der Waals surface area contributed by atoms with Gasteiger partial charge in [0.1, 0.15) is 11.9 Å². The van der Waals surface area contributed by atoms with Crippen LogP contribution in [0.15, 0.2) is 12.1 Å². The second-order valence-corrected chi connectivity index (χ2v) is 9.78. The molecular formula is C22H30N2O3. The van der Waals surface area contributed by atoms with E-state index < -0.39 is 11.2 Å². The van der Waals surface area contributed by atoms with Gasteiger partial charge in [-0.25, -0.2) is 0 Å². The van der Waals surface area contributed by atoms with E-state index in [1.165, 1.54) is 16.7 Å². The topological polar surface area (TPSA) is 65.0 Å². The molecule has 5 heteroatoms. The summed E-state index contributed by atoms with van der Waals surface area (Å²) in [4.78, 5) is 2.40. The van der Waals surface area contributed by atoms with Crippen LogP contribution in [0.2, 0.25) is 0 Å². The number of likely N-dealkylation sites (tertiary alicyclic amines) is 1. The number of nitrogens with one attached hydrogen (secondary N) is 1. The van der Waals surface area contributed by atoms with Gasteiger partial charge >= 0.3 is 0 Å². The highest BCUT2D eigenvalue weighted by Crippen LogP contribution is 2.64. The van der Waals surface area contributed by atoms with Crippen LogP contribution in [-0.2, 0) is 11.8 Å². The van der Waals surface area contributed by atoms with E-state index in [1.54, 1.807) is 0 Å². The van der Waals surface area contributed by atoms with E-state index in [0.717, 1.165) is 50.8 Å². The Labute approximate surface area is 160 Å². The molecule has 1 spiro atoms. The van der Waals surface area contributed by atoms with Gasteiger partial charge in [0.05, 0.1) is 16.6 Å². The van der Waals surface area contributed by atoms with Crippen molar-refractivity contribution in [2.45, 2.75) is 80.3 Å². The molecule has 2 heterocycles. The van der Waals surface area contributed by atoms with E-state index in [2.05, 4.69) is 29.3 Å². The van der Waals surface area contributed by atoms with Crippen molar-refractivity contribution in [3.8, 4) is 5.75 Å². The second-order valence-electron chi connectivity index (χ2n) is 9.78. The van der Waals surface area contributed by atoms with E-state index >= 15 is 0 Å². The van der Waals surface area contributed by atoms with E-state index in [0.29, 0.717) is 6.54 Å². The Bertz CT molecular complexity index is 822. The lowest BCUT2D eigenvalue weighted by molar-refractivity contribution is -0.194. The highest BCUT2D eigenvalue weighted by molar-refractivity contribution is 5.60. The molecule has 146 valence electrons. The molecule has 3 fully saturated rings. The maximum Gasteiger partial charge on any atom is 0.127 e. The minimum atomic E-state index is -0.777. The zero-order valence-electron chi connectivity index (χ0n) is 16.3. The molecule has 1 aromatic carbocycles. The fraction of sp³-hybridized carbons (Fsp3) is 0.727. The SMILES string of the molecule is CN[C@H]1CC[C@@]2(O)C3Cc4ccc(C)c5c4[C@@]2(CCN3CC2(O)CC2)[C@H]1O5. The van der Waals surface area contributed by atoms with Gasteiger partial charge in [-0.2, -0.15) is 0 Å². The molecule has 2 bridgehead atoms. The molecule has 1 saturated heterocycles. The fourth-order valence-corrected chi connectivity index (χ4v) is 6.94. The zero-order chi connectivity index (χ0) is 18.6. The van der Waals surface area contributed by atoms with Gasteiger partial charge in [0.25, 0.3) is 0 Å². The first kappa shape index (κ1) is 16.8. The normalized spacial score (nSPS) is 43.2. The summed E-state index contributed by atoms with van der Waals surface area (Å²) >= 11 is 0. The van der Waals surface area contributed by atoms with Crippen molar-refractivity contribution in [3.63, 3.8) is 0 Å². The van der Waals surface area contributed by atoms with Gasteiger partial charge in [0.15, 0.2) is 0 Å². The summed E-state index contributed by atoms with van der Waals surface area (Å²) in [5, 5.41) is 26.3. The number of rotatable bonds is 3.